The van der Waals surface area contributed by atoms with Crippen molar-refractivity contribution in [1.82, 2.24) is 19.6 Å². The van der Waals surface area contributed by atoms with Gasteiger partial charge in [-0.05, 0) is 25.7 Å². The molecule has 94 valence electrons. The number of rotatable bonds is 2. The average Bonchev–Trinajstić information content (AvgIpc) is 2.79. The molecule has 0 radical (unpaired) electrons. The molecule has 0 bridgehead atoms. The molecule has 0 spiro atoms. The van der Waals surface area contributed by atoms with Gasteiger partial charge in [-0.2, -0.15) is 0 Å². The average molecular weight is 242 g/mol. The monoisotopic (exact) mass is 242 g/mol. The van der Waals surface area contributed by atoms with E-state index in [0.29, 0.717) is 5.78 Å². The number of nitrogens with zero attached hydrogens (tertiary/aromatic N) is 4. The normalized spacial score (nSPS) is 17.8. The minimum atomic E-state index is 0.669. The van der Waals surface area contributed by atoms with E-state index in [1.807, 2.05) is 17.5 Å². The fourth-order valence-electron chi connectivity index (χ4n) is 2.57. The van der Waals surface area contributed by atoms with Crippen molar-refractivity contribution in [2.45, 2.75) is 39.0 Å². The Morgan fingerprint density at radius 1 is 1.22 bits per heavy atom. The third kappa shape index (κ3) is 2.28. The molecule has 0 saturated heterocycles. The second-order valence-electron chi connectivity index (χ2n) is 5.06. The van der Waals surface area contributed by atoms with Gasteiger partial charge in [0.1, 0.15) is 5.82 Å². The van der Waals surface area contributed by atoms with Crippen molar-refractivity contribution in [3.05, 3.63) is 29.9 Å². The molecule has 1 saturated carbocycles. The Bertz CT molecular complexity index is 564. The molecule has 2 aromatic heterocycles. The topological polar surface area (TPSA) is 43.1 Å². The molecule has 18 heavy (non-hydrogen) atoms. The number of allylic oxidation sites excluding steroid dienone is 1. The molecule has 3 rings (SSSR count). The van der Waals surface area contributed by atoms with E-state index in [9.17, 15) is 0 Å². The lowest BCUT2D eigenvalue weighted by Gasteiger charge is -2.17. The van der Waals surface area contributed by atoms with E-state index in [1.165, 1.54) is 32.1 Å². The molecule has 0 N–H and O–H groups in total. The highest BCUT2D eigenvalue weighted by molar-refractivity contribution is 5.49. The first kappa shape index (κ1) is 11.4. The summed E-state index contributed by atoms with van der Waals surface area (Å²) >= 11 is 0. The van der Waals surface area contributed by atoms with Crippen LogP contribution in [0.1, 0.15) is 43.5 Å². The first-order valence-corrected chi connectivity index (χ1v) is 6.68. The van der Waals surface area contributed by atoms with Gasteiger partial charge in [0, 0.05) is 18.0 Å². The highest BCUT2D eigenvalue weighted by Gasteiger charge is 2.09. The quantitative estimate of drug-likeness (QED) is 0.813. The van der Waals surface area contributed by atoms with Crippen LogP contribution >= 0.6 is 0 Å². The Morgan fingerprint density at radius 2 is 2.06 bits per heavy atom. The predicted octanol–water partition coefficient (Wildman–Crippen LogP) is 3.03. The van der Waals surface area contributed by atoms with Crippen LogP contribution in [0, 0.1) is 12.8 Å². The summed E-state index contributed by atoms with van der Waals surface area (Å²) in [6, 6.07) is 0. The molecule has 4 heteroatoms. The summed E-state index contributed by atoms with van der Waals surface area (Å²) in [7, 11) is 0. The molecule has 0 aliphatic heterocycles. The van der Waals surface area contributed by atoms with Gasteiger partial charge in [-0.15, -0.1) is 10.2 Å². The van der Waals surface area contributed by atoms with Crippen LogP contribution in [0.3, 0.4) is 0 Å². The summed E-state index contributed by atoms with van der Waals surface area (Å²) in [5.74, 6) is 2.30. The van der Waals surface area contributed by atoms with Crippen molar-refractivity contribution in [2.24, 2.45) is 5.92 Å². The highest BCUT2D eigenvalue weighted by Crippen LogP contribution is 2.25. The Labute approximate surface area is 107 Å². The minimum absolute atomic E-state index is 0.669. The second-order valence-corrected chi connectivity index (χ2v) is 5.06. The van der Waals surface area contributed by atoms with Crippen molar-refractivity contribution in [3.63, 3.8) is 0 Å². The zero-order chi connectivity index (χ0) is 12.4. The molecule has 2 aromatic rings. The van der Waals surface area contributed by atoms with Crippen molar-refractivity contribution in [1.29, 1.82) is 0 Å². The zero-order valence-corrected chi connectivity index (χ0v) is 10.7. The third-order valence-electron chi connectivity index (χ3n) is 3.67. The summed E-state index contributed by atoms with van der Waals surface area (Å²) in [4.78, 5) is 4.30. The second kappa shape index (κ2) is 4.88. The molecular weight excluding hydrogens is 224 g/mol. The maximum absolute atomic E-state index is 4.30. The van der Waals surface area contributed by atoms with E-state index in [4.69, 9.17) is 0 Å². The van der Waals surface area contributed by atoms with E-state index in [2.05, 4.69) is 33.5 Å². The highest BCUT2D eigenvalue weighted by atomic mass is 15.3. The first-order valence-electron chi connectivity index (χ1n) is 6.68. The summed E-state index contributed by atoms with van der Waals surface area (Å²) in [6.45, 7) is 1.94. The van der Waals surface area contributed by atoms with Gasteiger partial charge in [0.15, 0.2) is 0 Å². The van der Waals surface area contributed by atoms with E-state index < -0.39 is 0 Å². The van der Waals surface area contributed by atoms with Crippen molar-refractivity contribution in [2.75, 3.05) is 0 Å². The van der Waals surface area contributed by atoms with Gasteiger partial charge >= 0.3 is 0 Å². The minimum Gasteiger partial charge on any atom is -0.270 e. The molecule has 0 amide bonds. The lowest BCUT2D eigenvalue weighted by molar-refractivity contribution is 0.420. The Hall–Kier alpha value is -1.71. The van der Waals surface area contributed by atoms with Gasteiger partial charge < -0.3 is 0 Å². The van der Waals surface area contributed by atoms with Crippen LogP contribution in [-0.4, -0.2) is 19.6 Å². The van der Waals surface area contributed by atoms with E-state index in [1.54, 1.807) is 0 Å². The molecule has 1 fully saturated rings. The molecule has 0 atom stereocenters. The summed E-state index contributed by atoms with van der Waals surface area (Å²) in [5, 5.41) is 8.00. The van der Waals surface area contributed by atoms with Crippen molar-refractivity contribution in [3.8, 4) is 0 Å². The van der Waals surface area contributed by atoms with Crippen LogP contribution in [0.2, 0.25) is 0 Å². The van der Waals surface area contributed by atoms with Crippen LogP contribution < -0.4 is 0 Å². The van der Waals surface area contributed by atoms with Gasteiger partial charge in [-0.25, -0.2) is 4.98 Å². The molecule has 4 nitrogen and oxygen atoms in total. The zero-order valence-electron chi connectivity index (χ0n) is 10.7. The van der Waals surface area contributed by atoms with Gasteiger partial charge in [-0.3, -0.25) is 4.40 Å². The van der Waals surface area contributed by atoms with E-state index in [0.717, 1.165) is 17.3 Å². The van der Waals surface area contributed by atoms with Crippen molar-refractivity contribution < 1.29 is 0 Å². The van der Waals surface area contributed by atoms with Gasteiger partial charge in [0.25, 0.3) is 5.78 Å². The summed E-state index contributed by atoms with van der Waals surface area (Å²) < 4.78 is 1.93. The molecule has 0 unspecified atom stereocenters. The Balaban J connectivity index is 1.81. The third-order valence-corrected chi connectivity index (χ3v) is 3.67. The fraction of sp³-hybridized carbons (Fsp3) is 0.500. The number of aromatic nitrogens is 4. The van der Waals surface area contributed by atoms with Crippen LogP contribution in [-0.2, 0) is 0 Å². The number of fused-ring (bicyclic) bond motifs is 1. The lowest BCUT2D eigenvalue weighted by Crippen LogP contribution is -2.02. The molecule has 1 aliphatic rings. The van der Waals surface area contributed by atoms with Crippen LogP contribution in [0.5, 0.6) is 0 Å². The first-order chi connectivity index (χ1) is 8.83. The maximum Gasteiger partial charge on any atom is 0.254 e. The number of hydrogen-bond acceptors (Lipinski definition) is 3. The number of hydrogen-bond donors (Lipinski definition) is 0. The molecule has 0 aromatic carbocycles. The standard InChI is InChI=1S/C14H18N4/c1-11-16-17-14-15-9-13(10-18(11)14)8-7-12-5-3-2-4-6-12/h7-10,12H,2-6H2,1H3/b8-7+. The van der Waals surface area contributed by atoms with E-state index >= 15 is 0 Å². The van der Waals surface area contributed by atoms with Gasteiger partial charge in [0.2, 0.25) is 0 Å². The Morgan fingerprint density at radius 3 is 2.89 bits per heavy atom. The lowest BCUT2D eigenvalue weighted by atomic mass is 9.89. The summed E-state index contributed by atoms with van der Waals surface area (Å²) in [6.07, 6.45) is 15.2. The van der Waals surface area contributed by atoms with Crippen LogP contribution in [0.25, 0.3) is 11.9 Å². The summed E-state index contributed by atoms with van der Waals surface area (Å²) in [5.41, 5.74) is 1.12. The SMILES string of the molecule is Cc1nnc2ncc(/C=C/C3CCCCC3)cn12. The largest absolute Gasteiger partial charge is 0.270 e. The molecule has 1 aliphatic carbocycles. The predicted molar refractivity (Wildman–Crippen MR) is 71.1 cm³/mol. The van der Waals surface area contributed by atoms with Gasteiger partial charge in [0.05, 0.1) is 0 Å². The molecule has 2 heterocycles. The van der Waals surface area contributed by atoms with Crippen LogP contribution in [0.4, 0.5) is 0 Å². The van der Waals surface area contributed by atoms with Crippen molar-refractivity contribution >= 4 is 11.9 Å². The maximum atomic E-state index is 4.30. The van der Waals surface area contributed by atoms with Gasteiger partial charge in [-0.1, -0.05) is 31.4 Å². The number of aryl methyl sites for hydroxylation is 1. The fourth-order valence-corrected chi connectivity index (χ4v) is 2.57. The smallest absolute Gasteiger partial charge is 0.254 e. The van der Waals surface area contributed by atoms with Crippen LogP contribution in [0.15, 0.2) is 18.5 Å². The Kier molecular flexibility index (Phi) is 3.09. The van der Waals surface area contributed by atoms with E-state index in [-0.39, 0.29) is 0 Å². The molecular formula is C14H18N4.